The van der Waals surface area contributed by atoms with Crippen molar-refractivity contribution in [2.75, 3.05) is 13.2 Å². The third kappa shape index (κ3) is 6.93. The molecule has 2 heterocycles. The Kier molecular flexibility index (Phi) is 8.64. The maximum absolute atomic E-state index is 13.2. The number of alkyl halides is 6. The number of nitrogens with zero attached hydrogens (tertiary/aromatic N) is 1. The number of hydrogen-bond acceptors (Lipinski definition) is 7. The van der Waals surface area contributed by atoms with Crippen LogP contribution in [-0.2, 0) is 26.9 Å². The van der Waals surface area contributed by atoms with Gasteiger partial charge in [-0.1, -0.05) is 12.1 Å². The van der Waals surface area contributed by atoms with Crippen LogP contribution in [0.2, 0.25) is 0 Å². The number of halogens is 6. The maximum Gasteiger partial charge on any atom is 0.573 e. The molecule has 0 amide bonds. The first-order chi connectivity index (χ1) is 19.8. The van der Waals surface area contributed by atoms with Crippen molar-refractivity contribution in [3.63, 3.8) is 0 Å². The van der Waals surface area contributed by atoms with E-state index in [0.29, 0.717) is 11.7 Å². The Hall–Kier alpha value is -4.75. The van der Waals surface area contributed by atoms with Gasteiger partial charge in [0.15, 0.2) is 0 Å². The number of carbonyl (C=O) groups is 2. The van der Waals surface area contributed by atoms with Gasteiger partial charge in [0, 0.05) is 34.4 Å². The summed E-state index contributed by atoms with van der Waals surface area (Å²) in [7, 11) is 0. The lowest BCUT2D eigenvalue weighted by Crippen LogP contribution is -2.16. The number of rotatable bonds is 9. The molecule has 0 fully saturated rings. The Labute approximate surface area is 234 Å². The number of H-pyrrole nitrogens is 1. The molecule has 14 heteroatoms. The molecule has 0 aliphatic rings. The molecule has 0 spiro atoms. The molecule has 222 valence electrons. The Morgan fingerprint density at radius 3 is 2.14 bits per heavy atom. The highest BCUT2D eigenvalue weighted by Gasteiger charge is 2.32. The summed E-state index contributed by atoms with van der Waals surface area (Å²) in [5.74, 6) is -2.22. The zero-order valence-electron chi connectivity index (χ0n) is 22.0. The van der Waals surface area contributed by atoms with Crippen LogP contribution in [0.15, 0.2) is 54.7 Å². The fourth-order valence-corrected chi connectivity index (χ4v) is 4.16. The summed E-state index contributed by atoms with van der Waals surface area (Å²) in [4.78, 5) is 32.2. The van der Waals surface area contributed by atoms with Crippen molar-refractivity contribution < 1.29 is 54.9 Å². The third-order valence-corrected chi connectivity index (χ3v) is 5.77. The molecule has 4 rings (SSSR count). The lowest BCUT2D eigenvalue weighted by molar-refractivity contribution is -0.274. The molecule has 42 heavy (non-hydrogen) atoms. The van der Waals surface area contributed by atoms with Crippen LogP contribution >= 0.6 is 0 Å². The number of hydrogen-bond donors (Lipinski definition) is 1. The fourth-order valence-electron chi connectivity index (χ4n) is 4.16. The van der Waals surface area contributed by atoms with E-state index in [4.69, 9.17) is 14.2 Å². The van der Waals surface area contributed by atoms with E-state index >= 15 is 0 Å². The van der Waals surface area contributed by atoms with Gasteiger partial charge in [0.1, 0.15) is 11.5 Å². The van der Waals surface area contributed by atoms with Crippen molar-refractivity contribution in [1.29, 1.82) is 0 Å². The quantitative estimate of drug-likeness (QED) is 0.161. The highest BCUT2D eigenvalue weighted by molar-refractivity contribution is 6.13. The number of esters is 2. The number of ether oxygens (including phenoxy) is 4. The second kappa shape index (κ2) is 12.0. The van der Waals surface area contributed by atoms with Crippen LogP contribution in [0.1, 0.15) is 35.5 Å². The molecule has 1 N–H and O–H groups in total. The number of fused-ring (bicyclic) bond motifs is 1. The highest BCUT2D eigenvalue weighted by atomic mass is 19.4. The van der Waals surface area contributed by atoms with Crippen LogP contribution in [0.5, 0.6) is 17.4 Å². The lowest BCUT2D eigenvalue weighted by Gasteiger charge is -2.15. The van der Waals surface area contributed by atoms with Gasteiger partial charge in [-0.2, -0.15) is 13.2 Å². The van der Waals surface area contributed by atoms with E-state index in [0.717, 1.165) is 24.3 Å². The number of pyridine rings is 1. The molecular formula is C28H22F6N2O6. The van der Waals surface area contributed by atoms with Gasteiger partial charge in [-0.05, 0) is 49.7 Å². The minimum atomic E-state index is -4.94. The van der Waals surface area contributed by atoms with Crippen LogP contribution in [0, 0.1) is 0 Å². The second-order valence-electron chi connectivity index (χ2n) is 8.60. The average molecular weight is 596 g/mol. The van der Waals surface area contributed by atoms with Crippen molar-refractivity contribution in [3.8, 4) is 28.5 Å². The molecule has 0 aliphatic carbocycles. The molecule has 0 radical (unpaired) electrons. The first-order valence-corrected chi connectivity index (χ1v) is 12.4. The molecule has 0 saturated carbocycles. The van der Waals surface area contributed by atoms with E-state index in [2.05, 4.69) is 14.7 Å². The maximum atomic E-state index is 13.2. The Morgan fingerprint density at radius 1 is 0.881 bits per heavy atom. The smallest absolute Gasteiger partial charge is 0.466 e. The first kappa shape index (κ1) is 30.2. The van der Waals surface area contributed by atoms with Crippen LogP contribution in [-0.4, -0.2) is 41.5 Å². The largest absolute Gasteiger partial charge is 0.573 e. The average Bonchev–Trinajstić information content (AvgIpc) is 3.26. The number of nitrogens with one attached hydrogen (secondary N) is 1. The van der Waals surface area contributed by atoms with E-state index < -0.39 is 35.8 Å². The monoisotopic (exact) mass is 596 g/mol. The van der Waals surface area contributed by atoms with Gasteiger partial charge in [-0.25, -0.2) is 9.78 Å². The van der Waals surface area contributed by atoms with E-state index in [1.54, 1.807) is 13.8 Å². The zero-order chi connectivity index (χ0) is 30.7. The van der Waals surface area contributed by atoms with E-state index in [-0.39, 0.29) is 59.0 Å². The van der Waals surface area contributed by atoms with E-state index in [9.17, 15) is 35.9 Å². The molecule has 2 aromatic heterocycles. The van der Waals surface area contributed by atoms with Gasteiger partial charge in [0.25, 0.3) is 0 Å². The number of aromatic amines is 1. The van der Waals surface area contributed by atoms with Crippen molar-refractivity contribution in [3.05, 3.63) is 71.5 Å². The van der Waals surface area contributed by atoms with Crippen molar-refractivity contribution in [1.82, 2.24) is 9.97 Å². The third-order valence-electron chi connectivity index (χ3n) is 5.77. The van der Waals surface area contributed by atoms with E-state index in [1.165, 1.54) is 24.3 Å². The molecule has 0 atom stereocenters. The fraction of sp³-hybridized carbons (Fsp3) is 0.250. The Balaban J connectivity index is 1.92. The Morgan fingerprint density at radius 2 is 1.57 bits per heavy atom. The van der Waals surface area contributed by atoms with Crippen LogP contribution < -0.4 is 9.47 Å². The van der Waals surface area contributed by atoms with Gasteiger partial charge < -0.3 is 23.9 Å². The predicted molar refractivity (Wildman–Crippen MR) is 136 cm³/mol. The molecule has 0 bridgehead atoms. The SMILES string of the molecule is CCOC(=O)Cc1[nH]c2ccc(Oc3ccc(C(F)(F)F)cn3)c(-c3ccc(OC(F)(F)F)cc3)c2c1C(=O)OCC. The summed E-state index contributed by atoms with van der Waals surface area (Å²) < 4.78 is 97.3. The minimum absolute atomic E-state index is 0.00789. The predicted octanol–water partition coefficient (Wildman–Crippen LogP) is 7.22. The number of benzene rings is 2. The zero-order valence-corrected chi connectivity index (χ0v) is 22.0. The highest BCUT2D eigenvalue weighted by Crippen LogP contribution is 2.43. The summed E-state index contributed by atoms with van der Waals surface area (Å²) in [5.41, 5.74) is -0.201. The standard InChI is InChI=1S/C28H22F6N2O6/c1-3-39-22(37)13-19-25(26(38)40-4-2)24-18(36-19)10-11-20(41-21-12-7-16(14-35-21)27(29,30)31)23(24)15-5-8-17(9-6-15)42-28(32,33)34/h5-12,14,36H,3-4,13H2,1-2H3. The van der Waals surface area contributed by atoms with Gasteiger partial charge >= 0.3 is 24.5 Å². The molecule has 0 saturated heterocycles. The van der Waals surface area contributed by atoms with Crippen molar-refractivity contribution in [2.45, 2.75) is 32.8 Å². The Bertz CT molecular complexity index is 1580. The second-order valence-corrected chi connectivity index (χ2v) is 8.60. The van der Waals surface area contributed by atoms with Gasteiger partial charge in [0.05, 0.1) is 30.8 Å². The van der Waals surface area contributed by atoms with Crippen LogP contribution in [0.4, 0.5) is 26.3 Å². The van der Waals surface area contributed by atoms with Gasteiger partial charge in [-0.3, -0.25) is 4.79 Å². The van der Waals surface area contributed by atoms with E-state index in [1.807, 2.05) is 0 Å². The molecule has 0 unspecified atom stereocenters. The molecule has 4 aromatic rings. The molecule has 2 aromatic carbocycles. The lowest BCUT2D eigenvalue weighted by atomic mass is 9.96. The minimum Gasteiger partial charge on any atom is -0.466 e. The summed E-state index contributed by atoms with van der Waals surface area (Å²) >= 11 is 0. The molecular weight excluding hydrogens is 574 g/mol. The van der Waals surface area contributed by atoms with Crippen molar-refractivity contribution >= 4 is 22.8 Å². The summed E-state index contributed by atoms with van der Waals surface area (Å²) in [6.45, 7) is 3.25. The van der Waals surface area contributed by atoms with Crippen LogP contribution in [0.3, 0.4) is 0 Å². The summed E-state index contributed by atoms with van der Waals surface area (Å²) in [6, 6.07) is 9.31. The number of aromatic nitrogens is 2. The topological polar surface area (TPSA) is 99.7 Å². The molecule has 0 aliphatic heterocycles. The van der Waals surface area contributed by atoms with Crippen LogP contribution in [0.25, 0.3) is 22.0 Å². The number of carbonyl (C=O) groups excluding carboxylic acids is 2. The molecule has 8 nitrogen and oxygen atoms in total. The summed E-state index contributed by atoms with van der Waals surface area (Å²) in [5, 5.41) is 0.182. The van der Waals surface area contributed by atoms with Crippen molar-refractivity contribution in [2.24, 2.45) is 0 Å². The van der Waals surface area contributed by atoms with Gasteiger partial charge in [-0.15, -0.1) is 13.2 Å². The first-order valence-electron chi connectivity index (χ1n) is 12.4. The summed E-state index contributed by atoms with van der Waals surface area (Å²) in [6.07, 6.45) is -9.34. The normalized spacial score (nSPS) is 11.8. The van der Waals surface area contributed by atoms with Gasteiger partial charge in [0.2, 0.25) is 5.88 Å².